The average Bonchev–Trinajstić information content (AvgIpc) is 3.49. The van der Waals surface area contributed by atoms with E-state index in [1.54, 1.807) is 41.3 Å². The Bertz CT molecular complexity index is 1260. The molecule has 6 nitrogen and oxygen atoms in total. The van der Waals surface area contributed by atoms with Gasteiger partial charge in [-0.15, -0.1) is 0 Å². The molecule has 4 aromatic rings. The van der Waals surface area contributed by atoms with E-state index >= 15 is 0 Å². The Kier molecular flexibility index (Phi) is 7.60. The second kappa shape index (κ2) is 10.8. The number of hydrogen-bond acceptors (Lipinski definition) is 4. The third-order valence-corrected chi connectivity index (χ3v) is 6.29. The van der Waals surface area contributed by atoms with Gasteiger partial charge in [0.1, 0.15) is 18.1 Å². The van der Waals surface area contributed by atoms with Crippen molar-refractivity contribution in [3.8, 4) is 5.75 Å². The number of nitrogens with one attached hydrogen (secondary N) is 1. The Morgan fingerprint density at radius 1 is 1.12 bits per heavy atom. The molecule has 2 aromatic heterocycles. The lowest BCUT2D eigenvalue weighted by molar-refractivity contribution is 0.0992. The largest absolute Gasteiger partial charge is 0.486 e. The van der Waals surface area contributed by atoms with Gasteiger partial charge in [-0.25, -0.2) is 0 Å². The zero-order valence-electron chi connectivity index (χ0n) is 18.9. The van der Waals surface area contributed by atoms with Crippen molar-refractivity contribution in [2.24, 2.45) is 0 Å². The molecule has 1 atom stereocenters. The molecule has 1 N–H and O–H groups in total. The first-order valence-corrected chi connectivity index (χ1v) is 11.8. The maximum atomic E-state index is 12.6. The maximum absolute atomic E-state index is 12.6. The first-order valence-electron chi connectivity index (χ1n) is 11.0. The zero-order chi connectivity index (χ0) is 24.1. The van der Waals surface area contributed by atoms with Gasteiger partial charge in [0.05, 0.1) is 28.5 Å². The van der Waals surface area contributed by atoms with Crippen molar-refractivity contribution in [1.29, 1.82) is 0 Å². The zero-order valence-corrected chi connectivity index (χ0v) is 20.4. The van der Waals surface area contributed by atoms with Crippen molar-refractivity contribution in [2.45, 2.75) is 39.3 Å². The summed E-state index contributed by atoms with van der Waals surface area (Å²) in [7, 11) is 0. The van der Waals surface area contributed by atoms with Gasteiger partial charge in [0, 0.05) is 6.20 Å². The van der Waals surface area contributed by atoms with E-state index in [-0.39, 0.29) is 18.3 Å². The summed E-state index contributed by atoms with van der Waals surface area (Å²) in [6.07, 6.45) is 4.40. The van der Waals surface area contributed by atoms with Crippen molar-refractivity contribution < 1.29 is 13.9 Å². The number of rotatable bonds is 9. The molecule has 176 valence electrons. The van der Waals surface area contributed by atoms with Gasteiger partial charge in [0.15, 0.2) is 5.76 Å². The molecule has 0 aliphatic rings. The molecule has 0 aliphatic carbocycles. The van der Waals surface area contributed by atoms with Crippen molar-refractivity contribution in [1.82, 2.24) is 9.78 Å². The molecule has 34 heavy (non-hydrogen) atoms. The van der Waals surface area contributed by atoms with Gasteiger partial charge >= 0.3 is 0 Å². The summed E-state index contributed by atoms with van der Waals surface area (Å²) in [6.45, 7) is 5.10. The predicted molar refractivity (Wildman–Crippen MR) is 134 cm³/mol. The van der Waals surface area contributed by atoms with Crippen LogP contribution in [0.4, 0.5) is 5.69 Å². The number of hydrogen-bond donors (Lipinski definition) is 1. The minimum atomic E-state index is -0.363. The lowest BCUT2D eigenvalue weighted by Gasteiger charge is -2.10. The summed E-state index contributed by atoms with van der Waals surface area (Å²) in [5.41, 5.74) is 2.79. The van der Waals surface area contributed by atoms with Crippen LogP contribution in [0.15, 0.2) is 71.4 Å². The van der Waals surface area contributed by atoms with Crippen LogP contribution in [0.25, 0.3) is 0 Å². The van der Waals surface area contributed by atoms with E-state index in [1.807, 2.05) is 18.2 Å². The van der Waals surface area contributed by atoms with Crippen molar-refractivity contribution in [3.05, 3.63) is 99.7 Å². The number of nitrogens with zero attached hydrogens (tertiary/aromatic N) is 2. The molecule has 4 rings (SSSR count). The Morgan fingerprint density at radius 3 is 2.65 bits per heavy atom. The molecule has 0 spiro atoms. The number of amides is 1. The lowest BCUT2D eigenvalue weighted by Crippen LogP contribution is -2.10. The van der Waals surface area contributed by atoms with Crippen molar-refractivity contribution in [2.75, 3.05) is 5.32 Å². The van der Waals surface area contributed by atoms with Crippen LogP contribution in [0, 0.1) is 0 Å². The van der Waals surface area contributed by atoms with Gasteiger partial charge in [-0.1, -0.05) is 55.2 Å². The molecule has 0 saturated heterocycles. The van der Waals surface area contributed by atoms with E-state index in [1.165, 1.54) is 5.56 Å². The van der Waals surface area contributed by atoms with Gasteiger partial charge in [-0.2, -0.15) is 5.10 Å². The third kappa shape index (κ3) is 6.01. The topological polar surface area (TPSA) is 69.3 Å². The maximum Gasteiger partial charge on any atom is 0.291 e. The molecule has 2 heterocycles. The summed E-state index contributed by atoms with van der Waals surface area (Å²) in [6, 6.07) is 16.8. The number of carbonyl (C=O) groups excluding carboxylic acids is 1. The quantitative estimate of drug-likeness (QED) is 0.266. The molecule has 0 aliphatic heterocycles. The second-order valence-corrected chi connectivity index (χ2v) is 8.88. The van der Waals surface area contributed by atoms with Crippen LogP contribution in [0.1, 0.15) is 53.6 Å². The molecule has 0 fully saturated rings. The number of aromatic nitrogens is 2. The summed E-state index contributed by atoms with van der Waals surface area (Å²) >= 11 is 12.0. The lowest BCUT2D eigenvalue weighted by atomic mass is 9.99. The highest BCUT2D eigenvalue weighted by atomic mass is 35.5. The first-order chi connectivity index (χ1) is 16.4. The fraction of sp³-hybridized carbons (Fsp3) is 0.231. The summed E-state index contributed by atoms with van der Waals surface area (Å²) in [5, 5.41) is 8.05. The monoisotopic (exact) mass is 497 g/mol. The third-order valence-electron chi connectivity index (χ3n) is 5.55. The highest BCUT2D eigenvalue weighted by Gasteiger charge is 2.13. The Morgan fingerprint density at radius 2 is 1.91 bits per heavy atom. The van der Waals surface area contributed by atoms with Crippen LogP contribution < -0.4 is 10.1 Å². The molecule has 8 heteroatoms. The van der Waals surface area contributed by atoms with Crippen molar-refractivity contribution >= 4 is 34.8 Å². The van der Waals surface area contributed by atoms with E-state index in [2.05, 4.69) is 36.4 Å². The van der Waals surface area contributed by atoms with Crippen molar-refractivity contribution in [3.63, 3.8) is 0 Å². The van der Waals surface area contributed by atoms with E-state index in [9.17, 15) is 4.79 Å². The number of benzene rings is 2. The van der Waals surface area contributed by atoms with E-state index in [0.717, 1.165) is 17.7 Å². The number of ether oxygens (including phenoxy) is 1. The Hall–Kier alpha value is -3.22. The van der Waals surface area contributed by atoms with Gasteiger partial charge in [-0.05, 0) is 59.9 Å². The molecule has 0 radical (unpaired) electrons. The predicted octanol–water partition coefficient (Wildman–Crippen LogP) is 7.18. The van der Waals surface area contributed by atoms with Crippen LogP contribution in [0.2, 0.25) is 10.0 Å². The smallest absolute Gasteiger partial charge is 0.291 e. The first kappa shape index (κ1) is 23.9. The molecule has 0 saturated carbocycles. The van der Waals surface area contributed by atoms with Gasteiger partial charge < -0.3 is 14.5 Å². The highest BCUT2D eigenvalue weighted by molar-refractivity contribution is 6.42. The van der Waals surface area contributed by atoms with Crippen LogP contribution in [0.3, 0.4) is 0 Å². The molecule has 2 aromatic carbocycles. The average molecular weight is 498 g/mol. The van der Waals surface area contributed by atoms with Gasteiger partial charge in [0.25, 0.3) is 5.91 Å². The van der Waals surface area contributed by atoms with E-state index < -0.39 is 0 Å². The van der Waals surface area contributed by atoms with Gasteiger partial charge in [-0.3, -0.25) is 9.48 Å². The summed E-state index contributed by atoms with van der Waals surface area (Å²) in [5.74, 6) is 1.67. The van der Waals surface area contributed by atoms with Crippen LogP contribution >= 0.6 is 23.2 Å². The number of furan rings is 1. The molecule has 1 amide bonds. The molecular weight excluding hydrogens is 473 g/mol. The Labute approximate surface area is 208 Å². The Balaban J connectivity index is 1.30. The van der Waals surface area contributed by atoms with Gasteiger partial charge in [0.2, 0.25) is 0 Å². The van der Waals surface area contributed by atoms with E-state index in [4.69, 9.17) is 32.4 Å². The number of halogens is 2. The normalized spacial score (nSPS) is 11.9. The standard InChI is InChI=1S/C26H25Cl2N3O3/c1-3-17(2)19-5-7-21(8-6-19)33-16-22-9-11-25(34-22)26(32)30-20-13-29-31(15-20)14-18-4-10-23(27)24(28)12-18/h4-13,15,17H,3,14,16H2,1-2H3,(H,30,32). The summed E-state index contributed by atoms with van der Waals surface area (Å²) < 4.78 is 13.1. The molecule has 0 bridgehead atoms. The van der Waals surface area contributed by atoms with Crippen LogP contribution in [-0.2, 0) is 13.2 Å². The molecule has 1 unspecified atom stereocenters. The SMILES string of the molecule is CCC(C)c1ccc(OCc2ccc(C(=O)Nc3cnn(Cc4ccc(Cl)c(Cl)c4)c3)o2)cc1. The summed E-state index contributed by atoms with van der Waals surface area (Å²) in [4.78, 5) is 12.6. The number of anilines is 1. The van der Waals surface area contributed by atoms with E-state index in [0.29, 0.717) is 34.0 Å². The second-order valence-electron chi connectivity index (χ2n) is 8.06. The van der Waals surface area contributed by atoms with Crippen LogP contribution in [-0.4, -0.2) is 15.7 Å². The minimum absolute atomic E-state index is 0.197. The molecular formula is C26H25Cl2N3O3. The van der Waals surface area contributed by atoms with Crippen LogP contribution in [0.5, 0.6) is 5.75 Å². The fourth-order valence-corrected chi connectivity index (χ4v) is 3.71. The highest BCUT2D eigenvalue weighted by Crippen LogP contribution is 2.24. The number of carbonyl (C=O) groups is 1. The minimum Gasteiger partial charge on any atom is -0.486 e. The fourth-order valence-electron chi connectivity index (χ4n) is 3.39.